The molecule has 0 aliphatic carbocycles. The molecular weight excluding hydrogens is 423 g/mol. The van der Waals surface area contributed by atoms with Crippen molar-refractivity contribution in [3.05, 3.63) is 11.6 Å². The molecule has 2 heterocycles. The fourth-order valence-electron chi connectivity index (χ4n) is 2.31. The lowest BCUT2D eigenvalue weighted by atomic mass is 10.2. The zero-order valence-electron chi connectivity index (χ0n) is 14.7. The molecule has 0 aromatic carbocycles. The second-order valence-corrected chi connectivity index (χ2v) is 5.53. The highest BCUT2D eigenvalue weighted by Gasteiger charge is 2.15. The third-order valence-corrected chi connectivity index (χ3v) is 3.83. The van der Waals surface area contributed by atoms with Crippen LogP contribution in [-0.2, 0) is 23.1 Å². The van der Waals surface area contributed by atoms with E-state index in [2.05, 4.69) is 25.8 Å². The average molecular weight is 452 g/mol. The van der Waals surface area contributed by atoms with Gasteiger partial charge in [-0.05, 0) is 26.7 Å². The van der Waals surface area contributed by atoms with Gasteiger partial charge < -0.3 is 24.7 Å². The van der Waals surface area contributed by atoms with Gasteiger partial charge in [-0.25, -0.2) is 4.99 Å². The van der Waals surface area contributed by atoms with Crippen molar-refractivity contribution in [3.8, 4) is 0 Å². The van der Waals surface area contributed by atoms with Crippen LogP contribution in [0.25, 0.3) is 0 Å². The summed E-state index contributed by atoms with van der Waals surface area (Å²) in [6.45, 7) is 8.09. The summed E-state index contributed by atoms with van der Waals surface area (Å²) < 4.78 is 12.9. The van der Waals surface area contributed by atoms with Crippen molar-refractivity contribution in [2.45, 2.75) is 39.3 Å². The predicted octanol–water partition coefficient (Wildman–Crippen LogP) is 0.992. The van der Waals surface area contributed by atoms with E-state index in [1.807, 2.05) is 25.5 Å². The highest BCUT2D eigenvalue weighted by molar-refractivity contribution is 14.0. The summed E-state index contributed by atoms with van der Waals surface area (Å²) in [6.07, 6.45) is 2.50. The topological polar surface area (TPSA) is 85.6 Å². The number of nitrogens with zero attached hydrogens (tertiary/aromatic N) is 4. The normalized spacial score (nSPS) is 17.6. The fourth-order valence-corrected chi connectivity index (χ4v) is 2.31. The first-order valence-electron chi connectivity index (χ1n) is 8.27. The van der Waals surface area contributed by atoms with E-state index in [0.717, 1.165) is 50.2 Å². The van der Waals surface area contributed by atoms with Crippen LogP contribution in [0.15, 0.2) is 4.99 Å². The summed E-state index contributed by atoms with van der Waals surface area (Å²) in [6, 6.07) is 0. The van der Waals surface area contributed by atoms with Crippen LogP contribution in [0.4, 0.5) is 0 Å². The molecule has 1 unspecified atom stereocenters. The molecule has 24 heavy (non-hydrogen) atoms. The smallest absolute Gasteiger partial charge is 0.191 e. The van der Waals surface area contributed by atoms with Crippen molar-refractivity contribution >= 4 is 29.9 Å². The van der Waals surface area contributed by atoms with Crippen LogP contribution in [0, 0.1) is 6.92 Å². The molecule has 0 bridgehead atoms. The highest BCUT2D eigenvalue weighted by atomic mass is 127. The van der Waals surface area contributed by atoms with Gasteiger partial charge in [-0.1, -0.05) is 0 Å². The minimum Gasteiger partial charge on any atom is -0.380 e. The minimum atomic E-state index is 0. The van der Waals surface area contributed by atoms with Crippen molar-refractivity contribution in [2.75, 3.05) is 32.9 Å². The number of hydrogen-bond donors (Lipinski definition) is 2. The third kappa shape index (κ3) is 6.89. The monoisotopic (exact) mass is 452 g/mol. The first-order chi connectivity index (χ1) is 11.2. The summed E-state index contributed by atoms with van der Waals surface area (Å²) in [5, 5.41) is 14.8. The Morgan fingerprint density at radius 2 is 2.25 bits per heavy atom. The van der Waals surface area contributed by atoms with Gasteiger partial charge in [-0.2, -0.15) is 0 Å². The number of halogens is 1. The van der Waals surface area contributed by atoms with Gasteiger partial charge >= 0.3 is 0 Å². The van der Waals surface area contributed by atoms with Gasteiger partial charge in [0.15, 0.2) is 11.8 Å². The number of aryl methyl sites for hydroxylation is 1. The van der Waals surface area contributed by atoms with Gasteiger partial charge in [0, 0.05) is 33.4 Å². The van der Waals surface area contributed by atoms with E-state index >= 15 is 0 Å². The van der Waals surface area contributed by atoms with Crippen LogP contribution < -0.4 is 10.6 Å². The van der Waals surface area contributed by atoms with Gasteiger partial charge in [0.25, 0.3) is 0 Å². The minimum absolute atomic E-state index is 0. The Bertz CT molecular complexity index is 502. The Morgan fingerprint density at radius 1 is 1.42 bits per heavy atom. The molecule has 2 rings (SSSR count). The Labute approximate surface area is 160 Å². The highest BCUT2D eigenvalue weighted by Crippen LogP contribution is 2.10. The lowest BCUT2D eigenvalue weighted by molar-refractivity contribution is 0.113. The largest absolute Gasteiger partial charge is 0.380 e. The maximum atomic E-state index is 5.64. The van der Waals surface area contributed by atoms with Crippen molar-refractivity contribution in [3.63, 3.8) is 0 Å². The van der Waals surface area contributed by atoms with Crippen LogP contribution in [0.1, 0.15) is 31.4 Å². The molecule has 0 amide bonds. The lowest BCUT2D eigenvalue weighted by Crippen LogP contribution is -2.42. The first kappa shape index (κ1) is 21.1. The molecule has 0 saturated carbocycles. The number of rotatable bonds is 8. The van der Waals surface area contributed by atoms with E-state index in [-0.39, 0.29) is 30.1 Å². The molecule has 138 valence electrons. The molecule has 1 atom stereocenters. The van der Waals surface area contributed by atoms with Gasteiger partial charge in [0.2, 0.25) is 0 Å². The zero-order chi connectivity index (χ0) is 16.5. The van der Waals surface area contributed by atoms with Crippen LogP contribution in [0.2, 0.25) is 0 Å². The second kappa shape index (κ2) is 11.6. The van der Waals surface area contributed by atoms with E-state index in [1.165, 1.54) is 0 Å². The number of nitrogens with one attached hydrogen (secondary N) is 2. The van der Waals surface area contributed by atoms with Crippen molar-refractivity contribution in [1.82, 2.24) is 25.4 Å². The molecule has 8 nitrogen and oxygen atoms in total. The summed E-state index contributed by atoms with van der Waals surface area (Å²) in [5.41, 5.74) is 0. The van der Waals surface area contributed by atoms with E-state index in [0.29, 0.717) is 19.7 Å². The van der Waals surface area contributed by atoms with E-state index in [9.17, 15) is 0 Å². The molecule has 1 aliphatic heterocycles. The number of ether oxygens (including phenoxy) is 2. The molecule has 9 heteroatoms. The summed E-state index contributed by atoms with van der Waals surface area (Å²) in [5.74, 6) is 2.47. The molecule has 1 aromatic heterocycles. The van der Waals surface area contributed by atoms with Gasteiger partial charge in [-0.15, -0.1) is 34.2 Å². The molecule has 1 fully saturated rings. The van der Waals surface area contributed by atoms with Crippen molar-refractivity contribution < 1.29 is 9.47 Å². The lowest BCUT2D eigenvalue weighted by Gasteiger charge is -2.15. The molecule has 2 N–H and O–H groups in total. The number of aromatic nitrogens is 3. The molecule has 1 saturated heterocycles. The Kier molecular flexibility index (Phi) is 10.2. The van der Waals surface area contributed by atoms with Crippen LogP contribution in [0.5, 0.6) is 0 Å². The van der Waals surface area contributed by atoms with Gasteiger partial charge in [-0.3, -0.25) is 0 Å². The Balaban J connectivity index is 0.00000288. The number of guanidine groups is 1. The average Bonchev–Trinajstić information content (AvgIpc) is 3.18. The maximum Gasteiger partial charge on any atom is 0.191 e. The molecule has 1 aromatic rings. The molecular formula is C15H29IN6O2. The summed E-state index contributed by atoms with van der Waals surface area (Å²) in [4.78, 5) is 4.59. The van der Waals surface area contributed by atoms with Crippen LogP contribution in [0.3, 0.4) is 0 Å². The van der Waals surface area contributed by atoms with E-state index in [1.54, 1.807) is 0 Å². The predicted molar refractivity (Wildman–Crippen MR) is 104 cm³/mol. The fraction of sp³-hybridized carbons (Fsp3) is 0.800. The van der Waals surface area contributed by atoms with Crippen molar-refractivity contribution in [1.29, 1.82) is 0 Å². The number of aliphatic imine (C=N–C) groups is 1. The van der Waals surface area contributed by atoms with Crippen LogP contribution >= 0.6 is 24.0 Å². The molecule has 0 radical (unpaired) electrons. The second-order valence-electron chi connectivity index (χ2n) is 5.53. The van der Waals surface area contributed by atoms with Crippen LogP contribution in [-0.4, -0.2) is 59.7 Å². The van der Waals surface area contributed by atoms with Gasteiger partial charge in [0.1, 0.15) is 12.4 Å². The number of hydrogen-bond acceptors (Lipinski definition) is 5. The quantitative estimate of drug-likeness (QED) is 0.265. The maximum absolute atomic E-state index is 5.64. The van der Waals surface area contributed by atoms with E-state index in [4.69, 9.17) is 9.47 Å². The Morgan fingerprint density at radius 3 is 2.88 bits per heavy atom. The SMILES string of the molecule is CCOCCNC(=NCc1nnc(C)n1C)NCC1CCCO1.I. The first-order valence-corrected chi connectivity index (χ1v) is 8.27. The standard InChI is InChI=1S/C15H28N6O2.HI/c1-4-22-9-7-16-15(17-10-13-6-5-8-23-13)18-11-14-20-19-12(2)21(14)3;/h13H,4-11H2,1-3H3,(H2,16,17,18);1H. The Hall–Kier alpha value is -0.940. The molecule has 1 aliphatic rings. The van der Waals surface area contributed by atoms with Gasteiger partial charge in [0.05, 0.1) is 12.7 Å². The van der Waals surface area contributed by atoms with Crippen molar-refractivity contribution in [2.24, 2.45) is 12.0 Å². The molecule has 0 spiro atoms. The third-order valence-electron chi connectivity index (χ3n) is 3.83. The van der Waals surface area contributed by atoms with E-state index < -0.39 is 0 Å². The summed E-state index contributed by atoms with van der Waals surface area (Å²) in [7, 11) is 1.95. The zero-order valence-corrected chi connectivity index (χ0v) is 17.1. The summed E-state index contributed by atoms with van der Waals surface area (Å²) >= 11 is 0.